The minimum atomic E-state index is -3.84. The first-order chi connectivity index (χ1) is 14.5. The van der Waals surface area contributed by atoms with Crippen molar-refractivity contribution in [3.8, 4) is 0 Å². The van der Waals surface area contributed by atoms with Gasteiger partial charge in [0, 0.05) is 17.6 Å². The Kier molecular flexibility index (Phi) is 6.48. The van der Waals surface area contributed by atoms with Crippen LogP contribution in [0, 0.1) is 0 Å². The molecule has 2 aromatic carbocycles. The van der Waals surface area contributed by atoms with Crippen LogP contribution in [-0.4, -0.2) is 34.0 Å². The number of halogens is 1. The van der Waals surface area contributed by atoms with Gasteiger partial charge in [0.15, 0.2) is 0 Å². The summed E-state index contributed by atoms with van der Waals surface area (Å²) in [6, 6.07) is 14.5. The fourth-order valence-corrected chi connectivity index (χ4v) is 4.34. The monoisotopic (exact) mass is 480 g/mol. The second kappa shape index (κ2) is 8.92. The predicted molar refractivity (Wildman–Crippen MR) is 119 cm³/mol. The lowest BCUT2D eigenvalue weighted by molar-refractivity contribution is 0.102. The Hall–Kier alpha value is -3.15. The van der Waals surface area contributed by atoms with E-state index in [4.69, 9.17) is 11.6 Å². The molecule has 0 atom stereocenters. The van der Waals surface area contributed by atoms with E-state index in [0.29, 0.717) is 5.69 Å². The molecular weight excluding hydrogens is 464 g/mol. The number of sulfonamides is 2. The number of nitrogens with zero attached hydrogens (tertiary/aromatic N) is 1. The first-order valence-corrected chi connectivity index (χ1v) is 12.4. The lowest BCUT2D eigenvalue weighted by Gasteiger charge is -2.10. The summed E-state index contributed by atoms with van der Waals surface area (Å²) in [5.41, 5.74) is 0.685. The second-order valence-corrected chi connectivity index (χ2v) is 10.2. The quantitative estimate of drug-likeness (QED) is 0.475. The number of aromatic nitrogens is 1. The molecule has 12 heteroatoms. The van der Waals surface area contributed by atoms with E-state index in [1.165, 1.54) is 54.7 Å². The van der Waals surface area contributed by atoms with E-state index in [1.807, 2.05) is 0 Å². The third-order valence-corrected chi connectivity index (χ3v) is 6.13. The van der Waals surface area contributed by atoms with E-state index in [1.54, 1.807) is 12.1 Å². The molecule has 1 amide bonds. The number of hydrogen-bond acceptors (Lipinski definition) is 6. The molecule has 0 fully saturated rings. The molecule has 3 aromatic rings. The molecule has 9 nitrogen and oxygen atoms in total. The van der Waals surface area contributed by atoms with Gasteiger partial charge in [-0.1, -0.05) is 17.7 Å². The van der Waals surface area contributed by atoms with Gasteiger partial charge in [-0.2, -0.15) is 0 Å². The summed E-state index contributed by atoms with van der Waals surface area (Å²) in [4.78, 5) is 16.4. The van der Waals surface area contributed by atoms with Crippen LogP contribution in [0.2, 0.25) is 5.02 Å². The number of hydrogen-bond donors (Lipinski definition) is 3. The summed E-state index contributed by atoms with van der Waals surface area (Å²) in [7, 11) is -7.32. The van der Waals surface area contributed by atoms with E-state index < -0.39 is 26.0 Å². The van der Waals surface area contributed by atoms with Crippen molar-refractivity contribution in [1.82, 2.24) is 4.98 Å². The van der Waals surface area contributed by atoms with Gasteiger partial charge >= 0.3 is 0 Å². The van der Waals surface area contributed by atoms with Crippen molar-refractivity contribution in [2.45, 2.75) is 4.90 Å². The number of carbonyl (C=O) groups is 1. The van der Waals surface area contributed by atoms with Crippen LogP contribution < -0.4 is 14.8 Å². The number of carbonyl (C=O) groups excluding carboxylic acids is 1. The lowest BCUT2D eigenvalue weighted by atomic mass is 10.2. The van der Waals surface area contributed by atoms with Crippen LogP contribution in [0.1, 0.15) is 10.4 Å². The molecule has 0 spiro atoms. The van der Waals surface area contributed by atoms with Gasteiger partial charge in [0.1, 0.15) is 5.82 Å². The number of nitrogens with one attached hydrogen (secondary N) is 3. The summed E-state index contributed by atoms with van der Waals surface area (Å²) in [5, 5.41) is 2.65. The number of amides is 1. The van der Waals surface area contributed by atoms with E-state index >= 15 is 0 Å². The van der Waals surface area contributed by atoms with Crippen molar-refractivity contribution in [1.29, 1.82) is 0 Å². The first-order valence-electron chi connectivity index (χ1n) is 8.66. The van der Waals surface area contributed by atoms with Crippen LogP contribution in [0.15, 0.2) is 71.8 Å². The topological polar surface area (TPSA) is 134 Å². The van der Waals surface area contributed by atoms with Crippen molar-refractivity contribution in [2.75, 3.05) is 21.0 Å². The highest BCUT2D eigenvalue weighted by Crippen LogP contribution is 2.23. The zero-order valence-corrected chi connectivity index (χ0v) is 18.4. The Morgan fingerprint density at radius 2 is 1.58 bits per heavy atom. The fraction of sp³-hybridized carbons (Fsp3) is 0.0526. The third kappa shape index (κ3) is 6.17. The maximum atomic E-state index is 12.5. The molecule has 0 unspecified atom stereocenters. The zero-order valence-electron chi connectivity index (χ0n) is 16.0. The molecule has 0 saturated heterocycles. The van der Waals surface area contributed by atoms with Crippen molar-refractivity contribution in [3.05, 3.63) is 77.4 Å². The average molecular weight is 481 g/mol. The molecular formula is C19H17ClN4O5S2. The maximum Gasteiger partial charge on any atom is 0.263 e. The van der Waals surface area contributed by atoms with E-state index in [2.05, 4.69) is 19.7 Å². The number of benzene rings is 2. The highest BCUT2D eigenvalue weighted by molar-refractivity contribution is 7.92. The highest BCUT2D eigenvalue weighted by atomic mass is 35.5. The van der Waals surface area contributed by atoms with Crippen molar-refractivity contribution < 1.29 is 21.6 Å². The Morgan fingerprint density at radius 1 is 0.903 bits per heavy atom. The molecule has 0 aliphatic rings. The summed E-state index contributed by atoms with van der Waals surface area (Å²) >= 11 is 6.09. The first kappa shape index (κ1) is 22.5. The molecule has 0 saturated carbocycles. The minimum absolute atomic E-state index is 0.00890. The molecule has 0 aliphatic heterocycles. The van der Waals surface area contributed by atoms with Crippen LogP contribution in [-0.2, 0) is 20.0 Å². The van der Waals surface area contributed by atoms with Crippen LogP contribution in [0.3, 0.4) is 0 Å². The summed E-state index contributed by atoms with van der Waals surface area (Å²) in [5.74, 6) is -0.360. The Morgan fingerprint density at radius 3 is 2.16 bits per heavy atom. The Bertz CT molecular complexity index is 1310. The maximum absolute atomic E-state index is 12.5. The summed E-state index contributed by atoms with van der Waals surface area (Å²) < 4.78 is 52.1. The van der Waals surface area contributed by atoms with Crippen molar-refractivity contribution in [2.24, 2.45) is 0 Å². The predicted octanol–water partition coefficient (Wildman–Crippen LogP) is 3.16. The largest absolute Gasteiger partial charge is 0.322 e. The highest BCUT2D eigenvalue weighted by Gasteiger charge is 2.16. The van der Waals surface area contributed by atoms with Gasteiger partial charge in [-0.25, -0.2) is 21.8 Å². The van der Waals surface area contributed by atoms with Gasteiger partial charge in [-0.3, -0.25) is 14.2 Å². The van der Waals surface area contributed by atoms with Gasteiger partial charge < -0.3 is 5.32 Å². The molecule has 31 heavy (non-hydrogen) atoms. The molecule has 0 radical (unpaired) electrons. The third-order valence-electron chi connectivity index (χ3n) is 3.84. The van der Waals surface area contributed by atoms with Gasteiger partial charge in [0.25, 0.3) is 15.9 Å². The normalized spacial score (nSPS) is 11.5. The van der Waals surface area contributed by atoms with Crippen molar-refractivity contribution >= 4 is 54.7 Å². The minimum Gasteiger partial charge on any atom is -0.322 e. The second-order valence-electron chi connectivity index (χ2n) is 6.37. The summed E-state index contributed by atoms with van der Waals surface area (Å²) in [6.45, 7) is 0. The van der Waals surface area contributed by atoms with Gasteiger partial charge in [0.05, 0.1) is 21.7 Å². The van der Waals surface area contributed by atoms with Gasteiger partial charge in [-0.15, -0.1) is 0 Å². The average Bonchev–Trinajstić information content (AvgIpc) is 2.67. The summed E-state index contributed by atoms with van der Waals surface area (Å²) in [6.07, 6.45) is 2.46. The van der Waals surface area contributed by atoms with Crippen LogP contribution >= 0.6 is 11.6 Å². The molecule has 1 aromatic heterocycles. The SMILES string of the molecule is CS(=O)(=O)Nc1ccc(C(=O)Nc2ccc(S(=O)(=O)Nc3ccccn3)cc2)c(Cl)c1. The van der Waals surface area contributed by atoms with Gasteiger partial charge in [0.2, 0.25) is 10.0 Å². The molecule has 0 bridgehead atoms. The van der Waals surface area contributed by atoms with E-state index in [9.17, 15) is 21.6 Å². The number of anilines is 3. The molecule has 162 valence electrons. The number of pyridine rings is 1. The fourth-order valence-electron chi connectivity index (χ4n) is 2.51. The van der Waals surface area contributed by atoms with Crippen LogP contribution in [0.4, 0.5) is 17.2 Å². The molecule has 0 aliphatic carbocycles. The lowest BCUT2D eigenvalue weighted by Crippen LogP contribution is -2.15. The van der Waals surface area contributed by atoms with E-state index in [0.717, 1.165) is 6.26 Å². The molecule has 3 N–H and O–H groups in total. The van der Waals surface area contributed by atoms with E-state index in [-0.39, 0.29) is 27.0 Å². The molecule has 1 heterocycles. The Labute approximate surface area is 184 Å². The van der Waals surface area contributed by atoms with Crippen LogP contribution in [0.25, 0.3) is 0 Å². The Balaban J connectivity index is 1.71. The smallest absolute Gasteiger partial charge is 0.263 e. The standard InChI is InChI=1S/C19H17ClN4O5S2/c1-30(26,27)23-14-7-10-16(17(20)12-14)19(25)22-13-5-8-15(9-6-13)31(28,29)24-18-4-2-3-11-21-18/h2-12,23H,1H3,(H,21,24)(H,22,25). The molecule has 3 rings (SSSR count). The van der Waals surface area contributed by atoms with Crippen LogP contribution in [0.5, 0.6) is 0 Å². The van der Waals surface area contributed by atoms with Gasteiger partial charge in [-0.05, 0) is 54.6 Å². The zero-order chi connectivity index (χ0) is 22.6. The number of rotatable bonds is 7. The van der Waals surface area contributed by atoms with Crippen molar-refractivity contribution in [3.63, 3.8) is 0 Å².